The van der Waals surface area contributed by atoms with Crippen molar-refractivity contribution in [3.8, 4) is 0 Å². The molecule has 0 radical (unpaired) electrons. The molecule has 0 aliphatic heterocycles. The summed E-state index contributed by atoms with van der Waals surface area (Å²) in [6, 6.07) is 11.9. The first-order valence-electron chi connectivity index (χ1n) is 7.09. The Hall–Kier alpha value is -1.15. The molecule has 1 atom stereocenters. The highest BCUT2D eigenvalue weighted by Crippen LogP contribution is 2.44. The van der Waals surface area contributed by atoms with Crippen LogP contribution in [-0.4, -0.2) is 13.9 Å². The Balaban J connectivity index is 2.12. The highest BCUT2D eigenvalue weighted by atomic mass is 28.3. The van der Waals surface area contributed by atoms with Crippen LogP contribution in [0, 0.1) is 5.41 Å². The Morgan fingerprint density at radius 3 is 2.47 bits per heavy atom. The molecule has 0 saturated heterocycles. The predicted molar refractivity (Wildman–Crippen MR) is 84.5 cm³/mol. The van der Waals surface area contributed by atoms with Crippen molar-refractivity contribution in [3.05, 3.63) is 42.5 Å². The van der Waals surface area contributed by atoms with Gasteiger partial charge < -0.3 is 0 Å². The van der Waals surface area contributed by atoms with Crippen molar-refractivity contribution >= 4 is 19.0 Å². The van der Waals surface area contributed by atoms with E-state index in [2.05, 4.69) is 56.9 Å². The minimum absolute atomic E-state index is 0.0517. The lowest BCUT2D eigenvalue weighted by Gasteiger charge is -2.32. The molecule has 1 aliphatic rings. The number of Topliss-reactive ketones (excluding diaryl/α,β-unsaturated/α-hetero) is 1. The smallest absolute Gasteiger partial charge is 0.133 e. The fraction of sp³-hybridized carbons (Fsp3) is 0.471. The maximum atomic E-state index is 11.6. The summed E-state index contributed by atoms with van der Waals surface area (Å²) in [5.74, 6) is 0.405. The van der Waals surface area contributed by atoms with Crippen molar-refractivity contribution in [1.82, 2.24) is 0 Å². The number of benzene rings is 1. The van der Waals surface area contributed by atoms with Crippen LogP contribution < -0.4 is 5.19 Å². The molecule has 1 aromatic carbocycles. The lowest BCUT2D eigenvalue weighted by molar-refractivity contribution is -0.117. The van der Waals surface area contributed by atoms with Crippen LogP contribution in [0.4, 0.5) is 0 Å². The number of rotatable bonds is 4. The van der Waals surface area contributed by atoms with Gasteiger partial charge in [0.1, 0.15) is 5.78 Å². The Labute approximate surface area is 117 Å². The number of ketones is 1. The lowest BCUT2D eigenvalue weighted by Crippen LogP contribution is -2.42. The van der Waals surface area contributed by atoms with Crippen LogP contribution in [0.2, 0.25) is 19.1 Å². The molecule has 0 N–H and O–H groups in total. The summed E-state index contributed by atoms with van der Waals surface area (Å²) >= 11 is 0. The van der Waals surface area contributed by atoms with E-state index in [4.69, 9.17) is 0 Å². The predicted octanol–water partition coefficient (Wildman–Crippen LogP) is 3.92. The number of hydrogen-bond acceptors (Lipinski definition) is 1. The van der Waals surface area contributed by atoms with E-state index in [1.165, 1.54) is 10.8 Å². The molecule has 0 aromatic heterocycles. The van der Waals surface area contributed by atoms with Gasteiger partial charge in [-0.1, -0.05) is 67.7 Å². The molecular formula is C17H24OSi. The molecule has 2 heteroatoms. The van der Waals surface area contributed by atoms with E-state index >= 15 is 0 Å². The first kappa shape index (κ1) is 14.3. The summed E-state index contributed by atoms with van der Waals surface area (Å²) in [5, 5.41) is 1.48. The second-order valence-electron chi connectivity index (χ2n) is 6.81. The van der Waals surface area contributed by atoms with E-state index in [1.54, 1.807) is 0 Å². The number of allylic oxidation sites excluding steroid dienone is 1. The number of hydrogen-bond donors (Lipinski definition) is 0. The first-order chi connectivity index (χ1) is 8.83. The van der Waals surface area contributed by atoms with Crippen LogP contribution in [0.15, 0.2) is 42.5 Å². The quantitative estimate of drug-likeness (QED) is 0.600. The lowest BCUT2D eigenvalue weighted by atomic mass is 9.82. The second kappa shape index (κ2) is 5.08. The summed E-state index contributed by atoms with van der Waals surface area (Å²) in [6.45, 7) is 11.3. The van der Waals surface area contributed by atoms with Crippen molar-refractivity contribution in [3.63, 3.8) is 0 Å². The Bertz CT molecular complexity index is 489. The molecule has 1 nitrogen and oxygen atoms in total. The molecule has 1 saturated carbocycles. The highest BCUT2D eigenvalue weighted by Gasteiger charge is 2.38. The van der Waals surface area contributed by atoms with E-state index in [0.29, 0.717) is 12.2 Å². The summed E-state index contributed by atoms with van der Waals surface area (Å²) in [7, 11) is -1.49. The van der Waals surface area contributed by atoms with Crippen LogP contribution in [0.5, 0.6) is 0 Å². The molecule has 1 aliphatic carbocycles. The Kier molecular flexibility index (Phi) is 3.82. The molecule has 1 aromatic rings. The van der Waals surface area contributed by atoms with Gasteiger partial charge in [-0.3, -0.25) is 4.79 Å². The van der Waals surface area contributed by atoms with E-state index in [1.807, 2.05) is 0 Å². The number of carbonyl (C=O) groups excluding carboxylic acids is 1. The molecule has 0 heterocycles. The molecule has 2 rings (SSSR count). The van der Waals surface area contributed by atoms with Crippen LogP contribution in [0.3, 0.4) is 0 Å². The van der Waals surface area contributed by atoms with Crippen LogP contribution in [-0.2, 0) is 4.79 Å². The van der Waals surface area contributed by atoms with E-state index in [9.17, 15) is 4.79 Å². The van der Waals surface area contributed by atoms with Gasteiger partial charge in [0.25, 0.3) is 0 Å². The first-order valence-corrected chi connectivity index (χ1v) is 10.3. The van der Waals surface area contributed by atoms with Gasteiger partial charge in [-0.2, -0.15) is 0 Å². The third-order valence-electron chi connectivity index (χ3n) is 4.61. The van der Waals surface area contributed by atoms with Crippen molar-refractivity contribution < 1.29 is 4.79 Å². The number of carbonyl (C=O) groups is 1. The SMILES string of the molecule is C=C(C[Si](C)(C)c1ccccc1)C1(C)CCC(=O)C1. The zero-order valence-electron chi connectivity index (χ0n) is 12.3. The third-order valence-corrected chi connectivity index (χ3v) is 7.81. The van der Waals surface area contributed by atoms with Gasteiger partial charge in [0.2, 0.25) is 0 Å². The fourth-order valence-electron chi connectivity index (χ4n) is 3.07. The molecule has 0 bridgehead atoms. The molecule has 1 unspecified atom stereocenters. The Morgan fingerprint density at radius 2 is 1.95 bits per heavy atom. The molecule has 19 heavy (non-hydrogen) atoms. The maximum absolute atomic E-state index is 11.6. The molecule has 0 spiro atoms. The zero-order valence-corrected chi connectivity index (χ0v) is 13.3. The van der Waals surface area contributed by atoms with Gasteiger partial charge in [0.05, 0.1) is 8.07 Å². The second-order valence-corrected chi connectivity index (χ2v) is 11.5. The van der Waals surface area contributed by atoms with E-state index < -0.39 is 8.07 Å². The maximum Gasteiger partial charge on any atom is 0.133 e. The van der Waals surface area contributed by atoms with E-state index in [0.717, 1.165) is 18.9 Å². The molecule has 0 amide bonds. The molecular weight excluding hydrogens is 248 g/mol. The monoisotopic (exact) mass is 272 g/mol. The summed E-state index contributed by atoms with van der Waals surface area (Å²) in [4.78, 5) is 11.6. The Morgan fingerprint density at radius 1 is 1.32 bits per heavy atom. The average Bonchev–Trinajstić information content (AvgIpc) is 2.71. The van der Waals surface area contributed by atoms with Crippen molar-refractivity contribution in [2.24, 2.45) is 5.41 Å². The van der Waals surface area contributed by atoms with Crippen molar-refractivity contribution in [1.29, 1.82) is 0 Å². The minimum atomic E-state index is -1.49. The summed E-state index contributed by atoms with van der Waals surface area (Å²) in [6.07, 6.45) is 2.43. The third kappa shape index (κ3) is 3.06. The minimum Gasteiger partial charge on any atom is -0.300 e. The van der Waals surface area contributed by atoms with Crippen molar-refractivity contribution in [2.75, 3.05) is 0 Å². The molecule has 102 valence electrons. The van der Waals surface area contributed by atoms with Crippen LogP contribution in [0.25, 0.3) is 0 Å². The average molecular weight is 272 g/mol. The van der Waals surface area contributed by atoms with Crippen LogP contribution in [0.1, 0.15) is 26.2 Å². The standard InChI is InChI=1S/C17H24OSi/c1-14(17(2)11-10-15(18)12-17)13-19(3,4)16-8-6-5-7-9-16/h5-9H,1,10-13H2,2-4H3. The highest BCUT2D eigenvalue weighted by molar-refractivity contribution is 6.90. The van der Waals surface area contributed by atoms with Gasteiger partial charge in [0.15, 0.2) is 0 Å². The normalized spacial score (nSPS) is 23.6. The zero-order chi connectivity index (χ0) is 14.1. The van der Waals surface area contributed by atoms with Crippen molar-refractivity contribution in [2.45, 2.75) is 45.3 Å². The van der Waals surface area contributed by atoms with E-state index in [-0.39, 0.29) is 5.41 Å². The van der Waals surface area contributed by atoms with Gasteiger partial charge in [-0.25, -0.2) is 0 Å². The summed E-state index contributed by atoms with van der Waals surface area (Å²) in [5.41, 5.74) is 1.34. The van der Waals surface area contributed by atoms with Gasteiger partial charge in [0, 0.05) is 12.8 Å². The van der Waals surface area contributed by atoms with Gasteiger partial charge in [-0.15, -0.1) is 0 Å². The summed E-state index contributed by atoms with van der Waals surface area (Å²) < 4.78 is 0. The van der Waals surface area contributed by atoms with Gasteiger partial charge in [-0.05, 0) is 17.9 Å². The largest absolute Gasteiger partial charge is 0.300 e. The molecule has 1 fully saturated rings. The van der Waals surface area contributed by atoms with Crippen LogP contribution >= 0.6 is 0 Å². The van der Waals surface area contributed by atoms with Gasteiger partial charge >= 0.3 is 0 Å². The topological polar surface area (TPSA) is 17.1 Å². The fourth-order valence-corrected chi connectivity index (χ4v) is 5.86.